The van der Waals surface area contributed by atoms with E-state index in [4.69, 9.17) is 11.6 Å². The van der Waals surface area contributed by atoms with Crippen LogP contribution in [0.2, 0.25) is 5.02 Å². The van der Waals surface area contributed by atoms with E-state index in [1.54, 1.807) is 66.7 Å². The first-order valence-electron chi connectivity index (χ1n) is 9.51. The van der Waals surface area contributed by atoms with E-state index in [1.165, 1.54) is 11.0 Å². The Morgan fingerprint density at radius 2 is 1.63 bits per heavy atom. The molecule has 1 fully saturated rings. The van der Waals surface area contributed by atoms with Gasteiger partial charge in [-0.1, -0.05) is 23.7 Å². The molecule has 4 rings (SSSR count). The molecule has 3 aromatic rings. The van der Waals surface area contributed by atoms with Crippen molar-refractivity contribution in [1.82, 2.24) is 0 Å². The molecule has 2 N–H and O–H groups in total. The molecule has 0 aromatic heterocycles. The molecule has 0 unspecified atom stereocenters. The SMILES string of the molecule is O=C(Nc1ccc(N[C@H]2CCN(c3ccccc3F)C2=O)cc1)c1ccc(Cl)cc1. The molecule has 0 radical (unpaired) electrons. The van der Waals surface area contributed by atoms with Gasteiger partial charge in [0, 0.05) is 28.5 Å². The van der Waals surface area contributed by atoms with Crippen molar-refractivity contribution < 1.29 is 14.0 Å². The molecular formula is C23H19ClFN3O2. The summed E-state index contributed by atoms with van der Waals surface area (Å²) < 4.78 is 14.0. The third-order valence-corrected chi connectivity index (χ3v) is 5.19. The van der Waals surface area contributed by atoms with Gasteiger partial charge in [-0.15, -0.1) is 0 Å². The highest BCUT2D eigenvalue weighted by molar-refractivity contribution is 6.30. The van der Waals surface area contributed by atoms with E-state index in [1.807, 2.05) is 0 Å². The molecule has 1 heterocycles. The van der Waals surface area contributed by atoms with Crippen LogP contribution in [0.25, 0.3) is 0 Å². The fraction of sp³-hybridized carbons (Fsp3) is 0.130. The monoisotopic (exact) mass is 423 g/mol. The zero-order chi connectivity index (χ0) is 21.1. The lowest BCUT2D eigenvalue weighted by Gasteiger charge is -2.18. The Morgan fingerprint density at radius 3 is 2.33 bits per heavy atom. The lowest BCUT2D eigenvalue weighted by molar-refractivity contribution is -0.117. The number of hydrogen-bond acceptors (Lipinski definition) is 3. The average molecular weight is 424 g/mol. The van der Waals surface area contributed by atoms with Crippen molar-refractivity contribution in [3.8, 4) is 0 Å². The Hall–Kier alpha value is -3.38. The molecule has 2 amide bonds. The van der Waals surface area contributed by atoms with Crippen LogP contribution in [-0.2, 0) is 4.79 Å². The van der Waals surface area contributed by atoms with Crippen LogP contribution >= 0.6 is 11.6 Å². The summed E-state index contributed by atoms with van der Waals surface area (Å²) in [5, 5.41) is 6.57. The molecule has 1 saturated heterocycles. The molecule has 0 spiro atoms. The average Bonchev–Trinajstić information content (AvgIpc) is 3.10. The molecule has 7 heteroatoms. The largest absolute Gasteiger partial charge is 0.374 e. The molecule has 0 saturated carbocycles. The Kier molecular flexibility index (Phi) is 5.68. The third kappa shape index (κ3) is 4.28. The fourth-order valence-electron chi connectivity index (χ4n) is 3.38. The van der Waals surface area contributed by atoms with Crippen LogP contribution in [0.1, 0.15) is 16.8 Å². The second-order valence-electron chi connectivity index (χ2n) is 6.97. The van der Waals surface area contributed by atoms with E-state index in [-0.39, 0.29) is 11.8 Å². The maximum atomic E-state index is 14.0. The van der Waals surface area contributed by atoms with E-state index >= 15 is 0 Å². The fourth-order valence-corrected chi connectivity index (χ4v) is 3.51. The number of carbonyl (C=O) groups excluding carboxylic acids is 2. The van der Waals surface area contributed by atoms with Gasteiger partial charge in [-0.3, -0.25) is 9.59 Å². The minimum atomic E-state index is -0.431. The van der Waals surface area contributed by atoms with Gasteiger partial charge in [0.2, 0.25) is 5.91 Å². The van der Waals surface area contributed by atoms with Crippen LogP contribution in [0.5, 0.6) is 0 Å². The summed E-state index contributed by atoms with van der Waals surface area (Å²) >= 11 is 5.84. The Bertz CT molecular complexity index is 1070. The number of para-hydroxylation sites is 1. The van der Waals surface area contributed by atoms with Crippen LogP contribution < -0.4 is 15.5 Å². The molecule has 1 aliphatic rings. The number of halogens is 2. The highest BCUT2D eigenvalue weighted by atomic mass is 35.5. The number of amides is 2. The van der Waals surface area contributed by atoms with Crippen molar-refractivity contribution in [2.75, 3.05) is 22.1 Å². The van der Waals surface area contributed by atoms with Gasteiger partial charge in [0.05, 0.1) is 5.69 Å². The van der Waals surface area contributed by atoms with Gasteiger partial charge in [0.25, 0.3) is 5.91 Å². The smallest absolute Gasteiger partial charge is 0.255 e. The van der Waals surface area contributed by atoms with E-state index < -0.39 is 11.9 Å². The van der Waals surface area contributed by atoms with Crippen LogP contribution in [0.4, 0.5) is 21.5 Å². The van der Waals surface area contributed by atoms with Gasteiger partial charge in [0.15, 0.2) is 0 Å². The normalized spacial score (nSPS) is 15.9. The Balaban J connectivity index is 1.38. The number of anilines is 3. The predicted molar refractivity (Wildman–Crippen MR) is 117 cm³/mol. The van der Waals surface area contributed by atoms with Gasteiger partial charge >= 0.3 is 0 Å². The quantitative estimate of drug-likeness (QED) is 0.610. The standard InChI is InChI=1S/C23H19ClFN3O2/c24-16-7-5-15(6-8-16)22(29)27-18-11-9-17(10-12-18)26-20-13-14-28(23(20)30)21-4-2-1-3-19(21)25/h1-12,20,26H,13-14H2,(H,27,29)/t20-/m0/s1. The lowest BCUT2D eigenvalue weighted by Crippen LogP contribution is -2.33. The van der Waals surface area contributed by atoms with Crippen molar-refractivity contribution in [3.05, 3.63) is 89.2 Å². The number of nitrogens with zero attached hydrogens (tertiary/aromatic N) is 1. The maximum Gasteiger partial charge on any atom is 0.255 e. The second-order valence-corrected chi connectivity index (χ2v) is 7.40. The Labute approximate surface area is 178 Å². The molecule has 3 aromatic carbocycles. The number of hydrogen-bond donors (Lipinski definition) is 2. The Morgan fingerprint density at radius 1 is 0.967 bits per heavy atom. The number of benzene rings is 3. The van der Waals surface area contributed by atoms with Gasteiger partial charge in [0.1, 0.15) is 11.9 Å². The van der Waals surface area contributed by atoms with E-state index in [0.29, 0.717) is 34.9 Å². The van der Waals surface area contributed by atoms with Gasteiger partial charge in [-0.05, 0) is 67.1 Å². The molecule has 0 bridgehead atoms. The molecule has 30 heavy (non-hydrogen) atoms. The molecule has 152 valence electrons. The van der Waals surface area contributed by atoms with Gasteiger partial charge < -0.3 is 15.5 Å². The molecule has 1 aliphatic heterocycles. The minimum absolute atomic E-state index is 0.166. The molecular weight excluding hydrogens is 405 g/mol. The summed E-state index contributed by atoms with van der Waals surface area (Å²) in [6.45, 7) is 0.451. The number of carbonyl (C=O) groups is 2. The summed E-state index contributed by atoms with van der Waals surface area (Å²) in [4.78, 5) is 26.4. The van der Waals surface area contributed by atoms with Crippen molar-refractivity contribution >= 4 is 40.5 Å². The third-order valence-electron chi connectivity index (χ3n) is 4.94. The van der Waals surface area contributed by atoms with E-state index in [2.05, 4.69) is 10.6 Å². The van der Waals surface area contributed by atoms with Gasteiger partial charge in [-0.25, -0.2) is 4.39 Å². The highest BCUT2D eigenvalue weighted by Crippen LogP contribution is 2.26. The summed E-state index contributed by atoms with van der Waals surface area (Å²) in [6, 6.07) is 19.5. The lowest BCUT2D eigenvalue weighted by atomic mass is 10.2. The van der Waals surface area contributed by atoms with Crippen molar-refractivity contribution in [3.63, 3.8) is 0 Å². The number of nitrogens with one attached hydrogen (secondary N) is 2. The van der Waals surface area contributed by atoms with Crippen molar-refractivity contribution in [2.45, 2.75) is 12.5 Å². The van der Waals surface area contributed by atoms with Crippen LogP contribution in [0.3, 0.4) is 0 Å². The van der Waals surface area contributed by atoms with Crippen LogP contribution in [0.15, 0.2) is 72.8 Å². The summed E-state index contributed by atoms with van der Waals surface area (Å²) in [6.07, 6.45) is 0.572. The first-order valence-corrected chi connectivity index (χ1v) is 9.88. The van der Waals surface area contributed by atoms with Crippen LogP contribution in [0, 0.1) is 5.82 Å². The van der Waals surface area contributed by atoms with Crippen LogP contribution in [-0.4, -0.2) is 24.4 Å². The molecule has 0 aliphatic carbocycles. The van der Waals surface area contributed by atoms with Crippen molar-refractivity contribution in [1.29, 1.82) is 0 Å². The summed E-state index contributed by atoms with van der Waals surface area (Å²) in [5.41, 5.74) is 2.18. The zero-order valence-electron chi connectivity index (χ0n) is 15.9. The zero-order valence-corrected chi connectivity index (χ0v) is 16.7. The van der Waals surface area contributed by atoms with E-state index in [9.17, 15) is 14.0 Å². The first kappa shape index (κ1) is 19.9. The molecule has 1 atom stereocenters. The summed E-state index contributed by atoms with van der Waals surface area (Å²) in [5.74, 6) is -0.814. The topological polar surface area (TPSA) is 61.4 Å². The number of rotatable bonds is 5. The maximum absolute atomic E-state index is 14.0. The van der Waals surface area contributed by atoms with E-state index in [0.717, 1.165) is 5.69 Å². The summed E-state index contributed by atoms with van der Waals surface area (Å²) in [7, 11) is 0. The van der Waals surface area contributed by atoms with Crippen molar-refractivity contribution in [2.24, 2.45) is 0 Å². The second kappa shape index (κ2) is 8.55. The molecule has 5 nitrogen and oxygen atoms in total. The first-order chi connectivity index (χ1) is 14.5. The predicted octanol–water partition coefficient (Wildman–Crippen LogP) is 4.95. The van der Waals surface area contributed by atoms with Gasteiger partial charge in [-0.2, -0.15) is 0 Å². The minimum Gasteiger partial charge on any atom is -0.374 e. The highest BCUT2D eigenvalue weighted by Gasteiger charge is 2.33.